The number of nitrogen functional groups attached to an aromatic ring is 1. The van der Waals surface area contributed by atoms with Gasteiger partial charge >= 0.3 is 5.97 Å². The van der Waals surface area contributed by atoms with E-state index in [1.54, 1.807) is 6.92 Å². The van der Waals surface area contributed by atoms with Crippen LogP contribution in [0.5, 0.6) is 0 Å². The molecular formula is C14H16N2O2. The van der Waals surface area contributed by atoms with Crippen molar-refractivity contribution < 1.29 is 9.90 Å². The van der Waals surface area contributed by atoms with E-state index in [1.807, 2.05) is 41.8 Å². The number of rotatable bonds is 3. The highest BCUT2D eigenvalue weighted by molar-refractivity contribution is 5.95. The Morgan fingerprint density at radius 2 is 1.89 bits per heavy atom. The van der Waals surface area contributed by atoms with Crippen molar-refractivity contribution in [3.05, 3.63) is 52.7 Å². The van der Waals surface area contributed by atoms with Crippen molar-refractivity contribution in [2.24, 2.45) is 0 Å². The Morgan fingerprint density at radius 1 is 1.28 bits per heavy atom. The molecule has 0 spiro atoms. The summed E-state index contributed by atoms with van der Waals surface area (Å²) in [6, 6.07) is 9.84. The molecule has 0 atom stereocenters. The van der Waals surface area contributed by atoms with Gasteiger partial charge in [0.15, 0.2) is 0 Å². The first-order valence-corrected chi connectivity index (χ1v) is 5.74. The highest BCUT2D eigenvalue weighted by Gasteiger charge is 2.20. The lowest BCUT2D eigenvalue weighted by atomic mass is 10.2. The minimum atomic E-state index is -0.972. The first-order valence-electron chi connectivity index (χ1n) is 5.74. The van der Waals surface area contributed by atoms with Crippen LogP contribution in [0, 0.1) is 13.8 Å². The molecule has 0 amide bonds. The lowest BCUT2D eigenvalue weighted by molar-refractivity contribution is 0.0697. The third-order valence-electron chi connectivity index (χ3n) is 3.27. The van der Waals surface area contributed by atoms with Crippen molar-refractivity contribution in [2.45, 2.75) is 20.4 Å². The van der Waals surface area contributed by atoms with E-state index < -0.39 is 5.97 Å². The number of benzene rings is 1. The van der Waals surface area contributed by atoms with Gasteiger partial charge in [0.2, 0.25) is 0 Å². The highest BCUT2D eigenvalue weighted by atomic mass is 16.4. The van der Waals surface area contributed by atoms with Gasteiger partial charge in [-0.05, 0) is 25.0 Å². The zero-order chi connectivity index (χ0) is 13.3. The molecule has 2 aromatic rings. The van der Waals surface area contributed by atoms with Crippen LogP contribution < -0.4 is 5.73 Å². The fourth-order valence-corrected chi connectivity index (χ4v) is 2.13. The number of carboxylic acid groups (broad SMARTS) is 1. The van der Waals surface area contributed by atoms with E-state index in [0.717, 1.165) is 16.8 Å². The molecule has 4 heteroatoms. The van der Waals surface area contributed by atoms with Gasteiger partial charge in [0.25, 0.3) is 0 Å². The molecule has 0 aliphatic rings. The number of aromatic carboxylic acids is 1. The molecule has 18 heavy (non-hydrogen) atoms. The van der Waals surface area contributed by atoms with Gasteiger partial charge in [-0.3, -0.25) is 0 Å². The van der Waals surface area contributed by atoms with Gasteiger partial charge in [-0.2, -0.15) is 0 Å². The number of hydrogen-bond donors (Lipinski definition) is 2. The van der Waals surface area contributed by atoms with Crippen molar-refractivity contribution in [1.29, 1.82) is 0 Å². The molecule has 1 heterocycles. The Bertz CT molecular complexity index is 586. The highest BCUT2D eigenvalue weighted by Crippen LogP contribution is 2.25. The number of nitrogens with zero attached hydrogens (tertiary/aromatic N) is 1. The van der Waals surface area contributed by atoms with E-state index in [9.17, 15) is 4.79 Å². The molecule has 1 aromatic heterocycles. The second kappa shape index (κ2) is 4.56. The molecule has 0 fully saturated rings. The third-order valence-corrected chi connectivity index (χ3v) is 3.27. The number of carbonyl (C=O) groups is 1. The Hall–Kier alpha value is -2.23. The molecule has 4 nitrogen and oxygen atoms in total. The van der Waals surface area contributed by atoms with Crippen LogP contribution in [-0.4, -0.2) is 15.6 Å². The van der Waals surface area contributed by atoms with Crippen molar-refractivity contribution in [1.82, 2.24) is 4.57 Å². The van der Waals surface area contributed by atoms with Gasteiger partial charge in [-0.15, -0.1) is 0 Å². The fraction of sp³-hybridized carbons (Fsp3) is 0.214. The van der Waals surface area contributed by atoms with Crippen LogP contribution in [0.25, 0.3) is 0 Å². The van der Waals surface area contributed by atoms with Crippen molar-refractivity contribution >= 4 is 11.8 Å². The quantitative estimate of drug-likeness (QED) is 0.871. The summed E-state index contributed by atoms with van der Waals surface area (Å²) < 4.78 is 1.84. The van der Waals surface area contributed by atoms with Crippen LogP contribution >= 0.6 is 0 Å². The van der Waals surface area contributed by atoms with E-state index in [4.69, 9.17) is 10.8 Å². The maximum Gasteiger partial charge on any atom is 0.339 e. The minimum Gasteiger partial charge on any atom is -0.478 e. The maximum atomic E-state index is 11.2. The van der Waals surface area contributed by atoms with Crippen molar-refractivity contribution in [2.75, 3.05) is 5.73 Å². The Kier molecular flexibility index (Phi) is 3.10. The summed E-state index contributed by atoms with van der Waals surface area (Å²) in [5, 5.41) is 9.16. The van der Waals surface area contributed by atoms with E-state index in [1.165, 1.54) is 0 Å². The molecule has 0 aliphatic carbocycles. The van der Waals surface area contributed by atoms with Crippen LogP contribution in [-0.2, 0) is 6.54 Å². The van der Waals surface area contributed by atoms with Crippen LogP contribution in [0.3, 0.4) is 0 Å². The van der Waals surface area contributed by atoms with Crippen LogP contribution in [0.1, 0.15) is 27.2 Å². The lowest BCUT2D eigenvalue weighted by Crippen LogP contribution is -2.08. The summed E-state index contributed by atoms with van der Waals surface area (Å²) in [5.74, 6) is -0.652. The first-order chi connectivity index (χ1) is 8.52. The monoisotopic (exact) mass is 244 g/mol. The summed E-state index contributed by atoms with van der Waals surface area (Å²) >= 11 is 0. The van der Waals surface area contributed by atoms with Gasteiger partial charge < -0.3 is 15.4 Å². The standard InChI is InChI=1S/C14H16N2O2/c1-9-10(2)16(13(15)12(9)14(17)18)8-11-6-4-3-5-7-11/h3-7H,8,15H2,1-2H3,(H,17,18). The number of hydrogen-bond acceptors (Lipinski definition) is 2. The van der Waals surface area contributed by atoms with Crippen LogP contribution in [0.4, 0.5) is 5.82 Å². The summed E-state index contributed by atoms with van der Waals surface area (Å²) in [6.07, 6.45) is 0. The lowest BCUT2D eigenvalue weighted by Gasteiger charge is -2.09. The summed E-state index contributed by atoms with van der Waals surface area (Å²) in [6.45, 7) is 4.27. The topological polar surface area (TPSA) is 68.2 Å². The van der Waals surface area contributed by atoms with Crippen LogP contribution in [0.15, 0.2) is 30.3 Å². The third kappa shape index (κ3) is 1.97. The molecule has 0 bridgehead atoms. The Balaban J connectivity index is 2.46. The molecule has 2 rings (SSSR count). The van der Waals surface area contributed by atoms with E-state index in [0.29, 0.717) is 12.4 Å². The molecule has 0 unspecified atom stereocenters. The van der Waals surface area contributed by atoms with Gasteiger partial charge in [0.1, 0.15) is 11.4 Å². The number of aromatic nitrogens is 1. The molecule has 0 saturated carbocycles. The van der Waals surface area contributed by atoms with Crippen LogP contribution in [0.2, 0.25) is 0 Å². The second-order valence-corrected chi connectivity index (χ2v) is 4.35. The normalized spacial score (nSPS) is 10.6. The van der Waals surface area contributed by atoms with Crippen molar-refractivity contribution in [3.63, 3.8) is 0 Å². The Labute approximate surface area is 106 Å². The smallest absolute Gasteiger partial charge is 0.339 e. The summed E-state index contributed by atoms with van der Waals surface area (Å²) in [5.41, 5.74) is 8.87. The number of anilines is 1. The van der Waals surface area contributed by atoms with Gasteiger partial charge in [-0.25, -0.2) is 4.79 Å². The molecule has 3 N–H and O–H groups in total. The zero-order valence-corrected chi connectivity index (χ0v) is 10.5. The van der Waals surface area contributed by atoms with Gasteiger partial charge in [0, 0.05) is 12.2 Å². The average Bonchev–Trinajstić information content (AvgIpc) is 2.55. The predicted molar refractivity (Wildman–Crippen MR) is 70.8 cm³/mol. The SMILES string of the molecule is Cc1c(C(=O)O)c(N)n(Cc2ccccc2)c1C. The summed E-state index contributed by atoms with van der Waals surface area (Å²) in [4.78, 5) is 11.2. The largest absolute Gasteiger partial charge is 0.478 e. The molecule has 0 radical (unpaired) electrons. The average molecular weight is 244 g/mol. The van der Waals surface area contributed by atoms with Crippen molar-refractivity contribution in [3.8, 4) is 0 Å². The summed E-state index contributed by atoms with van der Waals surface area (Å²) in [7, 11) is 0. The van der Waals surface area contributed by atoms with E-state index in [-0.39, 0.29) is 5.56 Å². The van der Waals surface area contributed by atoms with E-state index >= 15 is 0 Å². The molecule has 94 valence electrons. The second-order valence-electron chi connectivity index (χ2n) is 4.35. The first kappa shape index (κ1) is 12.2. The Morgan fingerprint density at radius 3 is 2.39 bits per heavy atom. The molecule has 1 aromatic carbocycles. The zero-order valence-electron chi connectivity index (χ0n) is 10.5. The van der Waals surface area contributed by atoms with E-state index in [2.05, 4.69) is 0 Å². The maximum absolute atomic E-state index is 11.2. The van der Waals surface area contributed by atoms with Gasteiger partial charge in [-0.1, -0.05) is 30.3 Å². The number of carboxylic acids is 1. The molecule has 0 aliphatic heterocycles. The molecule has 0 saturated heterocycles. The predicted octanol–water partition coefficient (Wildman–Crippen LogP) is 2.43. The molecular weight excluding hydrogens is 228 g/mol. The number of nitrogens with two attached hydrogens (primary N) is 1. The fourth-order valence-electron chi connectivity index (χ4n) is 2.13. The van der Waals surface area contributed by atoms with Gasteiger partial charge in [0.05, 0.1) is 0 Å². The minimum absolute atomic E-state index is 0.212.